The number of carbonyl (C=O) groups is 2. The molecule has 1 aliphatic rings. The zero-order valence-electron chi connectivity index (χ0n) is 10.1. The van der Waals surface area contributed by atoms with Crippen LogP contribution in [0.25, 0.3) is 0 Å². The minimum atomic E-state index is -1.37. The average molecular weight is 254 g/mol. The van der Waals surface area contributed by atoms with Gasteiger partial charge < -0.3 is 19.6 Å². The predicted octanol–water partition coefficient (Wildman–Crippen LogP) is 0.265. The van der Waals surface area contributed by atoms with Crippen LogP contribution in [0.3, 0.4) is 0 Å². The fraction of sp³-hybridized carbons (Fsp3) is 0.545. The highest BCUT2D eigenvalue weighted by atomic mass is 16.5. The number of carboxylic acid groups (broad SMARTS) is 1. The summed E-state index contributed by atoms with van der Waals surface area (Å²) in [5.74, 6) is -1.28. The van der Waals surface area contributed by atoms with E-state index in [2.05, 4.69) is 10.3 Å². The van der Waals surface area contributed by atoms with E-state index in [0.717, 1.165) is 0 Å². The van der Waals surface area contributed by atoms with Gasteiger partial charge in [0.1, 0.15) is 0 Å². The molecule has 1 aliphatic heterocycles. The Labute approximate surface area is 103 Å². The second kappa shape index (κ2) is 4.41. The molecule has 0 spiro atoms. The standard InChI is InChI=1S/C11H14N2O5/c1-6-8(18-7(2)12-6)9(14)13-11(10(15)16)3-4-17-5-11/h3-5H2,1-2H3,(H,13,14)(H,15,16). The molecule has 0 bridgehead atoms. The highest BCUT2D eigenvalue weighted by molar-refractivity contribution is 5.96. The van der Waals surface area contributed by atoms with Gasteiger partial charge in [0.05, 0.1) is 12.3 Å². The van der Waals surface area contributed by atoms with Gasteiger partial charge in [-0.1, -0.05) is 0 Å². The number of nitrogens with zero attached hydrogens (tertiary/aromatic N) is 1. The van der Waals surface area contributed by atoms with E-state index in [-0.39, 0.29) is 18.8 Å². The van der Waals surface area contributed by atoms with Gasteiger partial charge in [0.25, 0.3) is 5.91 Å². The molecule has 1 unspecified atom stereocenters. The lowest BCUT2D eigenvalue weighted by Crippen LogP contribution is -2.55. The second-order valence-corrected chi connectivity index (χ2v) is 4.29. The Morgan fingerprint density at radius 1 is 1.44 bits per heavy atom. The van der Waals surface area contributed by atoms with Crippen LogP contribution in [0.15, 0.2) is 4.42 Å². The first-order valence-corrected chi connectivity index (χ1v) is 5.52. The highest BCUT2D eigenvalue weighted by Crippen LogP contribution is 2.20. The quantitative estimate of drug-likeness (QED) is 0.802. The molecule has 0 aliphatic carbocycles. The number of rotatable bonds is 3. The summed E-state index contributed by atoms with van der Waals surface area (Å²) in [5, 5.41) is 11.7. The zero-order valence-corrected chi connectivity index (χ0v) is 10.1. The monoisotopic (exact) mass is 254 g/mol. The van der Waals surface area contributed by atoms with Crippen molar-refractivity contribution in [3.05, 3.63) is 17.3 Å². The van der Waals surface area contributed by atoms with E-state index in [0.29, 0.717) is 18.2 Å². The Bertz CT molecular complexity index is 488. The van der Waals surface area contributed by atoms with Gasteiger partial charge in [-0.2, -0.15) is 0 Å². The third-order valence-electron chi connectivity index (χ3n) is 2.89. The first-order valence-electron chi connectivity index (χ1n) is 5.52. The third-order valence-corrected chi connectivity index (χ3v) is 2.89. The van der Waals surface area contributed by atoms with Gasteiger partial charge in [0.2, 0.25) is 5.76 Å². The maximum atomic E-state index is 12.0. The van der Waals surface area contributed by atoms with Crippen LogP contribution in [-0.4, -0.2) is 40.7 Å². The first kappa shape index (κ1) is 12.6. The van der Waals surface area contributed by atoms with Crippen LogP contribution in [0.4, 0.5) is 0 Å². The summed E-state index contributed by atoms with van der Waals surface area (Å²) in [6.07, 6.45) is 0.236. The molecule has 7 heteroatoms. The number of aromatic nitrogens is 1. The van der Waals surface area contributed by atoms with Crippen LogP contribution in [-0.2, 0) is 9.53 Å². The van der Waals surface area contributed by atoms with Gasteiger partial charge in [0.15, 0.2) is 11.4 Å². The van der Waals surface area contributed by atoms with E-state index in [1.54, 1.807) is 13.8 Å². The fourth-order valence-corrected chi connectivity index (χ4v) is 1.90. The van der Waals surface area contributed by atoms with Crippen molar-refractivity contribution < 1.29 is 23.8 Å². The second-order valence-electron chi connectivity index (χ2n) is 4.29. The van der Waals surface area contributed by atoms with Crippen LogP contribution >= 0.6 is 0 Å². The normalized spacial score (nSPS) is 23.0. The van der Waals surface area contributed by atoms with Crippen LogP contribution in [0.5, 0.6) is 0 Å². The summed E-state index contributed by atoms with van der Waals surface area (Å²) >= 11 is 0. The molecule has 1 aromatic heterocycles. The van der Waals surface area contributed by atoms with E-state index in [1.807, 2.05) is 0 Å². The Kier molecular flexibility index (Phi) is 3.08. The van der Waals surface area contributed by atoms with Crippen LogP contribution in [0, 0.1) is 13.8 Å². The number of nitrogens with one attached hydrogen (secondary N) is 1. The number of hydrogen-bond donors (Lipinski definition) is 2. The van der Waals surface area contributed by atoms with Crippen molar-refractivity contribution in [2.24, 2.45) is 0 Å². The Morgan fingerprint density at radius 3 is 2.61 bits per heavy atom. The number of hydrogen-bond acceptors (Lipinski definition) is 5. The summed E-state index contributed by atoms with van der Waals surface area (Å²) in [6.45, 7) is 3.51. The maximum absolute atomic E-state index is 12.0. The van der Waals surface area contributed by atoms with E-state index < -0.39 is 17.4 Å². The number of carboxylic acids is 1. The summed E-state index contributed by atoms with van der Waals surface area (Å²) < 4.78 is 10.2. The van der Waals surface area contributed by atoms with Crippen molar-refractivity contribution in [1.29, 1.82) is 0 Å². The van der Waals surface area contributed by atoms with E-state index in [9.17, 15) is 14.7 Å². The lowest BCUT2D eigenvalue weighted by atomic mass is 9.99. The van der Waals surface area contributed by atoms with E-state index >= 15 is 0 Å². The van der Waals surface area contributed by atoms with Crippen molar-refractivity contribution in [2.45, 2.75) is 25.8 Å². The number of aliphatic carboxylic acids is 1. The van der Waals surface area contributed by atoms with Crippen molar-refractivity contribution >= 4 is 11.9 Å². The van der Waals surface area contributed by atoms with Gasteiger partial charge in [-0.25, -0.2) is 9.78 Å². The molecule has 1 aromatic rings. The Hall–Kier alpha value is -1.89. The lowest BCUT2D eigenvalue weighted by Gasteiger charge is -2.22. The molecule has 7 nitrogen and oxygen atoms in total. The number of amides is 1. The van der Waals surface area contributed by atoms with Crippen molar-refractivity contribution in [2.75, 3.05) is 13.2 Å². The van der Waals surface area contributed by atoms with Gasteiger partial charge in [-0.15, -0.1) is 0 Å². The molecule has 1 atom stereocenters. The van der Waals surface area contributed by atoms with Crippen LogP contribution in [0.2, 0.25) is 0 Å². The summed E-state index contributed by atoms with van der Waals surface area (Å²) in [6, 6.07) is 0. The van der Waals surface area contributed by atoms with Crippen molar-refractivity contribution in [3.8, 4) is 0 Å². The van der Waals surface area contributed by atoms with Gasteiger partial charge >= 0.3 is 5.97 Å². The fourth-order valence-electron chi connectivity index (χ4n) is 1.90. The molecule has 2 heterocycles. The molecule has 1 fully saturated rings. The summed E-state index contributed by atoms with van der Waals surface area (Å²) in [4.78, 5) is 27.2. The molecule has 98 valence electrons. The van der Waals surface area contributed by atoms with Crippen LogP contribution in [0.1, 0.15) is 28.6 Å². The SMILES string of the molecule is Cc1nc(C)c(C(=O)NC2(C(=O)O)CCOC2)o1. The molecular weight excluding hydrogens is 240 g/mol. The molecule has 0 saturated carbocycles. The number of oxazole rings is 1. The van der Waals surface area contributed by atoms with Gasteiger partial charge in [0, 0.05) is 20.0 Å². The molecule has 0 radical (unpaired) electrons. The topological polar surface area (TPSA) is 102 Å². The smallest absolute Gasteiger partial charge is 0.331 e. The average Bonchev–Trinajstić information content (AvgIpc) is 2.86. The lowest BCUT2D eigenvalue weighted by molar-refractivity contribution is -0.144. The van der Waals surface area contributed by atoms with E-state index in [4.69, 9.17) is 9.15 Å². The Balaban J connectivity index is 2.20. The Morgan fingerprint density at radius 2 is 2.17 bits per heavy atom. The third kappa shape index (κ3) is 2.08. The summed E-state index contributed by atoms with van der Waals surface area (Å²) in [5.41, 5.74) is -0.936. The first-order chi connectivity index (χ1) is 8.44. The largest absolute Gasteiger partial charge is 0.479 e. The summed E-state index contributed by atoms with van der Waals surface area (Å²) in [7, 11) is 0. The molecule has 0 aromatic carbocycles. The molecule has 2 rings (SSSR count). The number of ether oxygens (including phenoxy) is 1. The number of carbonyl (C=O) groups excluding carboxylic acids is 1. The van der Waals surface area contributed by atoms with Crippen molar-refractivity contribution in [1.82, 2.24) is 10.3 Å². The zero-order chi connectivity index (χ0) is 13.3. The van der Waals surface area contributed by atoms with E-state index in [1.165, 1.54) is 0 Å². The molecule has 2 N–H and O–H groups in total. The highest BCUT2D eigenvalue weighted by Gasteiger charge is 2.44. The minimum Gasteiger partial charge on any atom is -0.479 e. The molecule has 18 heavy (non-hydrogen) atoms. The molecule has 1 amide bonds. The molecule has 1 saturated heterocycles. The molecular formula is C11H14N2O5. The maximum Gasteiger partial charge on any atom is 0.331 e. The van der Waals surface area contributed by atoms with Crippen molar-refractivity contribution in [3.63, 3.8) is 0 Å². The van der Waals surface area contributed by atoms with Gasteiger partial charge in [-0.05, 0) is 6.92 Å². The van der Waals surface area contributed by atoms with Crippen LogP contribution < -0.4 is 5.32 Å². The number of aryl methyl sites for hydroxylation is 2. The van der Waals surface area contributed by atoms with Gasteiger partial charge in [-0.3, -0.25) is 4.79 Å². The predicted molar refractivity (Wildman–Crippen MR) is 59.2 cm³/mol. The minimum absolute atomic E-state index is 0.0414.